The van der Waals surface area contributed by atoms with Gasteiger partial charge in [-0.1, -0.05) is 0 Å². The van der Waals surface area contributed by atoms with Gasteiger partial charge in [0.2, 0.25) is 0 Å². The summed E-state index contributed by atoms with van der Waals surface area (Å²) < 4.78 is 6.51. The van der Waals surface area contributed by atoms with Crippen LogP contribution in [0.4, 0.5) is 10.6 Å². The average Bonchev–Trinajstić information content (AvgIpc) is 2.42. The second-order valence-corrected chi connectivity index (χ2v) is 5.36. The van der Waals surface area contributed by atoms with Gasteiger partial charge in [-0.15, -0.1) is 0 Å². The van der Waals surface area contributed by atoms with Crippen molar-refractivity contribution in [2.75, 3.05) is 5.32 Å². The Morgan fingerprint density at radius 2 is 2.00 bits per heavy atom. The highest BCUT2D eigenvalue weighted by molar-refractivity contribution is 9.10. The van der Waals surface area contributed by atoms with Crippen LogP contribution in [-0.2, 0) is 11.8 Å². The molecule has 0 spiro atoms. The van der Waals surface area contributed by atoms with Crippen molar-refractivity contribution in [3.63, 3.8) is 0 Å². The maximum absolute atomic E-state index is 11.6. The first-order valence-corrected chi connectivity index (χ1v) is 5.87. The molecule has 100 valence electrons. The van der Waals surface area contributed by atoms with Gasteiger partial charge in [-0.25, -0.2) is 9.59 Å². The minimum absolute atomic E-state index is 0.177. The number of carboxylic acid groups (broad SMARTS) is 1. The summed E-state index contributed by atoms with van der Waals surface area (Å²) in [5, 5.41) is 15.1. The normalized spacial score (nSPS) is 11.2. The van der Waals surface area contributed by atoms with E-state index in [1.54, 1.807) is 20.8 Å². The molecule has 1 heterocycles. The predicted molar refractivity (Wildman–Crippen MR) is 67.7 cm³/mol. The maximum atomic E-state index is 11.6. The highest BCUT2D eigenvalue weighted by Crippen LogP contribution is 2.26. The molecule has 1 aromatic rings. The molecule has 0 atom stereocenters. The summed E-state index contributed by atoms with van der Waals surface area (Å²) in [6, 6.07) is 0. The number of carboxylic acids is 1. The van der Waals surface area contributed by atoms with E-state index in [0.29, 0.717) is 0 Å². The first kappa shape index (κ1) is 14.5. The third kappa shape index (κ3) is 3.46. The van der Waals surface area contributed by atoms with Crippen molar-refractivity contribution >= 4 is 33.8 Å². The second-order valence-electron chi connectivity index (χ2n) is 4.57. The lowest BCUT2D eigenvalue weighted by Gasteiger charge is -2.19. The van der Waals surface area contributed by atoms with Crippen LogP contribution in [0.5, 0.6) is 0 Å². The summed E-state index contributed by atoms with van der Waals surface area (Å²) in [7, 11) is 1.52. The first-order valence-electron chi connectivity index (χ1n) is 5.07. The van der Waals surface area contributed by atoms with Crippen molar-refractivity contribution in [3.8, 4) is 0 Å². The molecule has 18 heavy (non-hydrogen) atoms. The summed E-state index contributed by atoms with van der Waals surface area (Å²) in [6.45, 7) is 5.19. The Morgan fingerprint density at radius 3 is 2.39 bits per heavy atom. The number of aromatic nitrogens is 2. The van der Waals surface area contributed by atoms with Gasteiger partial charge in [0.05, 0.1) is 4.47 Å². The smallest absolute Gasteiger partial charge is 0.413 e. The molecular weight excluding hydrogens is 306 g/mol. The van der Waals surface area contributed by atoms with Crippen molar-refractivity contribution in [1.29, 1.82) is 0 Å². The number of aromatic carboxylic acids is 1. The molecule has 0 radical (unpaired) electrons. The number of carbonyl (C=O) groups is 2. The van der Waals surface area contributed by atoms with Crippen molar-refractivity contribution in [1.82, 2.24) is 9.78 Å². The minimum Gasteiger partial charge on any atom is -0.476 e. The van der Waals surface area contributed by atoms with Crippen LogP contribution in [0.15, 0.2) is 4.47 Å². The van der Waals surface area contributed by atoms with Gasteiger partial charge in [0.25, 0.3) is 0 Å². The second kappa shape index (κ2) is 4.97. The van der Waals surface area contributed by atoms with Gasteiger partial charge in [-0.3, -0.25) is 10.00 Å². The Kier molecular flexibility index (Phi) is 4.00. The highest BCUT2D eigenvalue weighted by Gasteiger charge is 2.23. The molecule has 7 nitrogen and oxygen atoms in total. The van der Waals surface area contributed by atoms with Crippen molar-refractivity contribution in [2.45, 2.75) is 26.4 Å². The number of ether oxygens (including phenoxy) is 1. The number of nitrogens with zero attached hydrogens (tertiary/aromatic N) is 2. The van der Waals surface area contributed by atoms with Crippen molar-refractivity contribution in [3.05, 3.63) is 10.2 Å². The number of hydrogen-bond donors (Lipinski definition) is 2. The molecule has 0 aliphatic heterocycles. The van der Waals surface area contributed by atoms with Crippen LogP contribution in [0.3, 0.4) is 0 Å². The number of aryl methyl sites for hydroxylation is 1. The third-order valence-electron chi connectivity index (χ3n) is 1.81. The molecule has 0 saturated heterocycles. The van der Waals surface area contributed by atoms with E-state index in [1.165, 1.54) is 11.7 Å². The zero-order valence-electron chi connectivity index (χ0n) is 10.4. The van der Waals surface area contributed by atoms with Crippen LogP contribution in [0.25, 0.3) is 0 Å². The zero-order valence-corrected chi connectivity index (χ0v) is 12.0. The monoisotopic (exact) mass is 319 g/mol. The fraction of sp³-hybridized carbons (Fsp3) is 0.500. The van der Waals surface area contributed by atoms with E-state index in [4.69, 9.17) is 9.84 Å². The quantitative estimate of drug-likeness (QED) is 0.871. The van der Waals surface area contributed by atoms with Gasteiger partial charge in [0.15, 0.2) is 5.69 Å². The number of anilines is 1. The van der Waals surface area contributed by atoms with E-state index in [-0.39, 0.29) is 16.0 Å². The van der Waals surface area contributed by atoms with Crippen LogP contribution in [-0.4, -0.2) is 32.6 Å². The number of nitrogens with one attached hydrogen (secondary N) is 1. The molecule has 1 rings (SSSR count). The third-order valence-corrected chi connectivity index (χ3v) is 2.56. The lowest BCUT2D eigenvalue weighted by Crippen LogP contribution is -2.28. The molecule has 0 aromatic carbocycles. The Morgan fingerprint density at radius 1 is 1.44 bits per heavy atom. The predicted octanol–water partition coefficient (Wildman–Crippen LogP) is 2.23. The molecule has 1 aromatic heterocycles. The van der Waals surface area contributed by atoms with Crippen molar-refractivity contribution in [2.24, 2.45) is 7.05 Å². The Hall–Kier alpha value is -1.57. The van der Waals surface area contributed by atoms with Gasteiger partial charge in [-0.05, 0) is 36.7 Å². The number of hydrogen-bond acceptors (Lipinski definition) is 4. The van der Waals surface area contributed by atoms with Gasteiger partial charge >= 0.3 is 12.1 Å². The summed E-state index contributed by atoms with van der Waals surface area (Å²) in [5.41, 5.74) is -0.811. The van der Waals surface area contributed by atoms with E-state index in [2.05, 4.69) is 26.3 Å². The number of carbonyl (C=O) groups excluding carboxylic acids is 1. The highest BCUT2D eigenvalue weighted by atomic mass is 79.9. The molecule has 8 heteroatoms. The lowest BCUT2D eigenvalue weighted by atomic mass is 10.2. The van der Waals surface area contributed by atoms with Crippen LogP contribution in [0.2, 0.25) is 0 Å². The molecule has 0 aliphatic carbocycles. The van der Waals surface area contributed by atoms with E-state index in [1.807, 2.05) is 0 Å². The van der Waals surface area contributed by atoms with Crippen molar-refractivity contribution < 1.29 is 19.4 Å². The molecule has 1 amide bonds. The lowest BCUT2D eigenvalue weighted by molar-refractivity contribution is 0.0632. The van der Waals surface area contributed by atoms with Crippen LogP contribution >= 0.6 is 15.9 Å². The van der Waals surface area contributed by atoms with Crippen LogP contribution in [0, 0.1) is 0 Å². The van der Waals surface area contributed by atoms with Gasteiger partial charge in [0, 0.05) is 7.05 Å². The maximum Gasteiger partial charge on any atom is 0.413 e. The summed E-state index contributed by atoms with van der Waals surface area (Å²) >= 11 is 3.08. The fourth-order valence-electron chi connectivity index (χ4n) is 1.17. The zero-order chi connectivity index (χ0) is 14.1. The van der Waals surface area contributed by atoms with Crippen LogP contribution < -0.4 is 5.32 Å². The van der Waals surface area contributed by atoms with E-state index in [0.717, 1.165) is 0 Å². The van der Waals surface area contributed by atoms with Gasteiger partial charge in [-0.2, -0.15) is 5.10 Å². The van der Waals surface area contributed by atoms with Crippen LogP contribution in [0.1, 0.15) is 31.3 Å². The number of rotatable bonds is 2. The molecule has 2 N–H and O–H groups in total. The SMILES string of the molecule is Cn1nc(C(=O)O)c(Br)c1NC(=O)OC(C)(C)C. The van der Waals surface area contributed by atoms with E-state index < -0.39 is 17.7 Å². The molecule has 0 bridgehead atoms. The van der Waals surface area contributed by atoms with Gasteiger partial charge in [0.1, 0.15) is 11.4 Å². The topological polar surface area (TPSA) is 93.5 Å². The molecule has 0 saturated carbocycles. The Bertz CT molecular complexity index is 490. The van der Waals surface area contributed by atoms with E-state index in [9.17, 15) is 9.59 Å². The first-order chi connectivity index (χ1) is 8.11. The summed E-state index contributed by atoms with van der Waals surface area (Å²) in [5.74, 6) is -0.962. The fourth-order valence-corrected chi connectivity index (χ4v) is 1.78. The Balaban J connectivity index is 2.92. The average molecular weight is 320 g/mol. The standard InChI is InChI=1S/C10H14BrN3O4/c1-10(2,3)18-9(17)12-7-5(11)6(8(15)16)13-14(7)4/h1-4H3,(H,12,17)(H,15,16). The molecule has 0 fully saturated rings. The van der Waals surface area contributed by atoms with Gasteiger partial charge < -0.3 is 9.84 Å². The molecule has 0 aliphatic rings. The largest absolute Gasteiger partial charge is 0.476 e. The minimum atomic E-state index is -1.19. The summed E-state index contributed by atoms with van der Waals surface area (Å²) in [6.07, 6.45) is -0.678. The van der Waals surface area contributed by atoms with E-state index >= 15 is 0 Å². The Labute approximate surface area is 112 Å². The summed E-state index contributed by atoms with van der Waals surface area (Å²) in [4.78, 5) is 22.4. The number of halogens is 1. The number of amides is 1. The molecule has 0 unspecified atom stereocenters. The molecular formula is C10H14BrN3O4.